The first-order valence-corrected chi connectivity index (χ1v) is 11.7. The Balaban J connectivity index is 0.000000718. The van der Waals surface area contributed by atoms with Crippen LogP contribution in [0.5, 0.6) is 0 Å². The molecule has 1 aliphatic rings. The zero-order valence-corrected chi connectivity index (χ0v) is 19.9. The van der Waals surface area contributed by atoms with Gasteiger partial charge in [-0.05, 0) is 31.2 Å². The molecule has 1 fully saturated rings. The highest BCUT2D eigenvalue weighted by Gasteiger charge is 2.38. The van der Waals surface area contributed by atoms with Gasteiger partial charge in [0.2, 0.25) is 11.8 Å². The third kappa shape index (κ3) is 11.0. The van der Waals surface area contributed by atoms with Gasteiger partial charge >= 0.3 is 12.1 Å². The summed E-state index contributed by atoms with van der Waals surface area (Å²) in [6.07, 6.45) is 1.29. The van der Waals surface area contributed by atoms with Crippen molar-refractivity contribution in [2.45, 2.75) is 77.1 Å². The summed E-state index contributed by atoms with van der Waals surface area (Å²) in [6, 6.07) is 10.0. The zero-order valence-electron chi connectivity index (χ0n) is 19.9. The van der Waals surface area contributed by atoms with Crippen LogP contribution < -0.4 is 10.6 Å². The van der Waals surface area contributed by atoms with Gasteiger partial charge in [0.15, 0.2) is 0 Å². The number of nitrogens with zero attached hydrogens (tertiary/aromatic N) is 1. The monoisotopic (exact) mass is 487 g/mol. The normalized spacial score (nSPS) is 16.7. The van der Waals surface area contributed by atoms with Gasteiger partial charge < -0.3 is 20.6 Å². The molecule has 192 valence electrons. The molecule has 2 atom stereocenters. The van der Waals surface area contributed by atoms with Crippen LogP contribution in [0.15, 0.2) is 30.3 Å². The predicted octanol–water partition coefficient (Wildman–Crippen LogP) is 3.53. The number of carbonyl (C=O) groups excluding carboxylic acids is 2. The highest BCUT2D eigenvalue weighted by Crippen LogP contribution is 2.13. The topological polar surface area (TPSA) is 98.7 Å². The number of halogens is 3. The summed E-state index contributed by atoms with van der Waals surface area (Å²) >= 11 is 0. The van der Waals surface area contributed by atoms with E-state index < -0.39 is 18.2 Å². The minimum absolute atomic E-state index is 0.0124. The number of unbranched alkanes of at least 4 members (excludes halogenated alkanes) is 1. The van der Waals surface area contributed by atoms with Gasteiger partial charge in [0.25, 0.3) is 0 Å². The highest BCUT2D eigenvalue weighted by molar-refractivity contribution is 5.88. The maximum atomic E-state index is 12.8. The van der Waals surface area contributed by atoms with Gasteiger partial charge in [-0.1, -0.05) is 57.0 Å². The summed E-state index contributed by atoms with van der Waals surface area (Å²) < 4.78 is 31.7. The van der Waals surface area contributed by atoms with Crippen molar-refractivity contribution in [3.05, 3.63) is 35.9 Å². The first-order valence-electron chi connectivity index (χ1n) is 11.7. The molecule has 0 bridgehead atoms. The lowest BCUT2D eigenvalue weighted by atomic mass is 10.0. The summed E-state index contributed by atoms with van der Waals surface area (Å²) in [7, 11) is 0. The predicted molar refractivity (Wildman–Crippen MR) is 123 cm³/mol. The third-order valence-corrected chi connectivity index (χ3v) is 5.55. The fourth-order valence-electron chi connectivity index (χ4n) is 3.60. The van der Waals surface area contributed by atoms with Crippen molar-refractivity contribution < 1.29 is 32.7 Å². The fraction of sp³-hybridized carbons (Fsp3) is 0.625. The lowest BCUT2D eigenvalue weighted by molar-refractivity contribution is -0.192. The van der Waals surface area contributed by atoms with E-state index in [2.05, 4.69) is 36.6 Å². The quantitative estimate of drug-likeness (QED) is 0.469. The molecule has 1 aromatic carbocycles. The zero-order chi connectivity index (χ0) is 25.6. The van der Waals surface area contributed by atoms with Crippen molar-refractivity contribution in [1.82, 2.24) is 15.5 Å². The maximum Gasteiger partial charge on any atom is 0.490 e. The molecular formula is C24H36F3N3O4. The molecule has 0 radical (unpaired) electrons. The smallest absolute Gasteiger partial charge is 0.475 e. The van der Waals surface area contributed by atoms with Gasteiger partial charge in [-0.2, -0.15) is 13.2 Å². The number of piperazine rings is 1. The van der Waals surface area contributed by atoms with Crippen LogP contribution >= 0.6 is 0 Å². The standard InChI is InChI=1S/C22H35N3O2.C2HF3O2/c1-3-5-13-19(4-2)24-22(27)20-17-23-15-16-25(20)21(26)14-9-12-18-10-7-6-8-11-18;3-2(4,5)1(6)7/h6-8,10-11,19-20,23H,3-5,9,12-17H2,1-2H3,(H,24,27);(H,6,7)/t19?,20-;/m1./s1. The van der Waals surface area contributed by atoms with E-state index in [4.69, 9.17) is 9.90 Å². The lowest BCUT2D eigenvalue weighted by Gasteiger charge is -2.36. The Morgan fingerprint density at radius 3 is 2.38 bits per heavy atom. The average molecular weight is 488 g/mol. The van der Waals surface area contributed by atoms with Gasteiger partial charge in [-0.3, -0.25) is 9.59 Å². The Labute approximate surface area is 199 Å². The molecule has 0 aromatic heterocycles. The molecule has 1 aromatic rings. The van der Waals surface area contributed by atoms with Crippen LogP contribution in [-0.4, -0.2) is 65.7 Å². The number of carboxylic acid groups (broad SMARTS) is 1. The molecule has 7 nitrogen and oxygen atoms in total. The Kier molecular flexibility index (Phi) is 13.2. The SMILES string of the molecule is CCCCC(CC)NC(=O)[C@H]1CNCCN1C(=O)CCCc1ccccc1.O=C(O)C(F)(F)F. The van der Waals surface area contributed by atoms with Crippen LogP contribution in [0, 0.1) is 0 Å². The number of hydrogen-bond acceptors (Lipinski definition) is 4. The number of carboxylic acids is 1. The van der Waals surface area contributed by atoms with E-state index in [-0.39, 0.29) is 17.9 Å². The van der Waals surface area contributed by atoms with E-state index in [1.165, 1.54) is 5.56 Å². The molecule has 10 heteroatoms. The molecule has 1 unspecified atom stereocenters. The second-order valence-electron chi connectivity index (χ2n) is 8.21. The van der Waals surface area contributed by atoms with E-state index in [1.54, 1.807) is 4.90 Å². The second-order valence-corrected chi connectivity index (χ2v) is 8.21. The van der Waals surface area contributed by atoms with Crippen LogP contribution in [0.1, 0.15) is 57.9 Å². The summed E-state index contributed by atoms with van der Waals surface area (Å²) in [5.74, 6) is -2.68. The molecule has 2 rings (SSSR count). The molecule has 1 saturated heterocycles. The Morgan fingerprint density at radius 2 is 1.82 bits per heavy atom. The number of benzene rings is 1. The fourth-order valence-corrected chi connectivity index (χ4v) is 3.60. The first kappa shape index (κ1) is 29.4. The van der Waals surface area contributed by atoms with Gasteiger partial charge in [0.1, 0.15) is 6.04 Å². The van der Waals surface area contributed by atoms with Crippen LogP contribution in [-0.2, 0) is 20.8 Å². The van der Waals surface area contributed by atoms with E-state index in [9.17, 15) is 22.8 Å². The van der Waals surface area contributed by atoms with Crippen LogP contribution in [0.4, 0.5) is 13.2 Å². The minimum atomic E-state index is -5.08. The van der Waals surface area contributed by atoms with Crippen molar-refractivity contribution in [3.8, 4) is 0 Å². The molecule has 0 saturated carbocycles. The van der Waals surface area contributed by atoms with E-state index in [1.807, 2.05) is 18.2 Å². The molecule has 2 amide bonds. The molecule has 1 aliphatic heterocycles. The number of carbonyl (C=O) groups is 3. The van der Waals surface area contributed by atoms with Crippen molar-refractivity contribution in [2.24, 2.45) is 0 Å². The number of aryl methyl sites for hydroxylation is 1. The van der Waals surface area contributed by atoms with Gasteiger partial charge in [-0.15, -0.1) is 0 Å². The molecule has 3 N–H and O–H groups in total. The van der Waals surface area contributed by atoms with Crippen LogP contribution in [0.25, 0.3) is 0 Å². The lowest BCUT2D eigenvalue weighted by Crippen LogP contribution is -2.60. The number of aliphatic carboxylic acids is 1. The number of alkyl halides is 3. The summed E-state index contributed by atoms with van der Waals surface area (Å²) in [6.45, 7) is 6.16. The number of hydrogen-bond donors (Lipinski definition) is 3. The van der Waals surface area contributed by atoms with Crippen molar-refractivity contribution >= 4 is 17.8 Å². The second kappa shape index (κ2) is 15.3. The number of amides is 2. The van der Waals surface area contributed by atoms with Crippen molar-refractivity contribution in [1.29, 1.82) is 0 Å². The van der Waals surface area contributed by atoms with Crippen molar-refractivity contribution in [2.75, 3.05) is 19.6 Å². The minimum Gasteiger partial charge on any atom is -0.475 e. The largest absolute Gasteiger partial charge is 0.490 e. The third-order valence-electron chi connectivity index (χ3n) is 5.55. The maximum absolute atomic E-state index is 12.8. The molecule has 0 spiro atoms. The van der Waals surface area contributed by atoms with Crippen molar-refractivity contribution in [3.63, 3.8) is 0 Å². The van der Waals surface area contributed by atoms with E-state index >= 15 is 0 Å². The Morgan fingerprint density at radius 1 is 1.18 bits per heavy atom. The van der Waals surface area contributed by atoms with E-state index in [0.29, 0.717) is 19.5 Å². The number of nitrogens with one attached hydrogen (secondary N) is 2. The van der Waals surface area contributed by atoms with Gasteiger partial charge in [0, 0.05) is 32.1 Å². The van der Waals surface area contributed by atoms with Crippen LogP contribution in [0.3, 0.4) is 0 Å². The molecule has 0 aliphatic carbocycles. The molecule has 1 heterocycles. The number of rotatable bonds is 10. The average Bonchev–Trinajstić information content (AvgIpc) is 2.82. The van der Waals surface area contributed by atoms with Crippen LogP contribution in [0.2, 0.25) is 0 Å². The Bertz CT molecular complexity index is 760. The summed E-state index contributed by atoms with van der Waals surface area (Å²) in [5.41, 5.74) is 1.25. The summed E-state index contributed by atoms with van der Waals surface area (Å²) in [4.78, 5) is 36.2. The first-order chi connectivity index (χ1) is 16.1. The molecular weight excluding hydrogens is 451 g/mol. The summed E-state index contributed by atoms with van der Waals surface area (Å²) in [5, 5.41) is 13.6. The van der Waals surface area contributed by atoms with Gasteiger partial charge in [-0.25, -0.2) is 4.79 Å². The molecule has 34 heavy (non-hydrogen) atoms. The highest BCUT2D eigenvalue weighted by atomic mass is 19.4. The van der Waals surface area contributed by atoms with Gasteiger partial charge in [0.05, 0.1) is 0 Å². The van der Waals surface area contributed by atoms with E-state index in [0.717, 1.165) is 45.1 Å². The Hall–Kier alpha value is -2.62.